The van der Waals surface area contributed by atoms with Gasteiger partial charge in [-0.25, -0.2) is 0 Å². The largest absolute Gasteiger partial charge is 0.393 e. The molecule has 2 rings (SSSR count). The summed E-state index contributed by atoms with van der Waals surface area (Å²) in [5, 5.41) is 0. The van der Waals surface area contributed by atoms with E-state index in [1.165, 1.54) is 5.56 Å². The number of rotatable bonds is 4. The van der Waals surface area contributed by atoms with Gasteiger partial charge in [-0.3, -0.25) is 4.79 Å². The summed E-state index contributed by atoms with van der Waals surface area (Å²) in [6.07, 6.45) is 1.70. The molecule has 1 aromatic carbocycles. The van der Waals surface area contributed by atoms with Gasteiger partial charge in [0.25, 0.3) is 0 Å². The highest BCUT2D eigenvalue weighted by Crippen LogP contribution is 2.28. The number of carbonyl (C=O) groups excluding carboxylic acids is 1. The maximum atomic E-state index is 12.4. The van der Waals surface area contributed by atoms with E-state index >= 15 is 0 Å². The van der Waals surface area contributed by atoms with Crippen LogP contribution in [0.15, 0.2) is 30.3 Å². The number of hydrogen-bond donors (Lipinski definition) is 1. The highest BCUT2D eigenvalue weighted by atomic mass is 32.1. The van der Waals surface area contributed by atoms with Crippen molar-refractivity contribution >= 4 is 23.1 Å². The second-order valence-corrected chi connectivity index (χ2v) is 5.52. The quantitative estimate of drug-likeness (QED) is 0.858. The van der Waals surface area contributed by atoms with Crippen molar-refractivity contribution in [3.8, 4) is 0 Å². The predicted molar refractivity (Wildman–Crippen MR) is 80.9 cm³/mol. The third kappa shape index (κ3) is 3.13. The maximum Gasteiger partial charge on any atom is 0.232 e. The van der Waals surface area contributed by atoms with E-state index in [0.717, 1.165) is 19.5 Å². The minimum atomic E-state index is -0.301. The molecule has 1 amide bonds. The summed E-state index contributed by atoms with van der Waals surface area (Å²) in [4.78, 5) is 14.6. The lowest BCUT2D eigenvalue weighted by atomic mass is 9.99. The number of thiocarbonyl (C=S) groups is 1. The van der Waals surface area contributed by atoms with Gasteiger partial charge in [0.1, 0.15) is 0 Å². The van der Waals surface area contributed by atoms with Crippen LogP contribution in [0.4, 0.5) is 0 Å². The van der Waals surface area contributed by atoms with Crippen molar-refractivity contribution in [2.75, 3.05) is 13.1 Å². The van der Waals surface area contributed by atoms with Crippen LogP contribution < -0.4 is 5.73 Å². The van der Waals surface area contributed by atoms with E-state index in [9.17, 15) is 4.79 Å². The van der Waals surface area contributed by atoms with Crippen LogP contribution in [-0.4, -0.2) is 28.9 Å². The van der Waals surface area contributed by atoms with Crippen molar-refractivity contribution in [1.29, 1.82) is 0 Å². The van der Waals surface area contributed by atoms with Crippen LogP contribution >= 0.6 is 12.2 Å². The predicted octanol–water partition coefficient (Wildman–Crippen LogP) is 2.31. The van der Waals surface area contributed by atoms with Crippen molar-refractivity contribution in [3.05, 3.63) is 35.9 Å². The summed E-state index contributed by atoms with van der Waals surface area (Å²) < 4.78 is 0. The summed E-state index contributed by atoms with van der Waals surface area (Å²) in [7, 11) is 0. The SMILES string of the molecule is CCC(C(=O)N1CCC(c2ccccc2)C1)C(N)=S. The number of carbonyl (C=O) groups is 1. The average molecular weight is 276 g/mol. The second-order valence-electron chi connectivity index (χ2n) is 5.04. The third-order valence-corrected chi connectivity index (χ3v) is 4.11. The van der Waals surface area contributed by atoms with E-state index in [1.54, 1.807) is 0 Å². The number of nitrogens with two attached hydrogens (primary N) is 1. The molecule has 0 bridgehead atoms. The number of hydrogen-bond acceptors (Lipinski definition) is 2. The van der Waals surface area contributed by atoms with Crippen LogP contribution in [-0.2, 0) is 4.79 Å². The first-order chi connectivity index (χ1) is 9.13. The summed E-state index contributed by atoms with van der Waals surface area (Å²) in [6.45, 7) is 3.53. The molecule has 1 saturated heterocycles. The van der Waals surface area contributed by atoms with Crippen molar-refractivity contribution in [1.82, 2.24) is 4.90 Å². The molecule has 4 heteroatoms. The van der Waals surface area contributed by atoms with Crippen LogP contribution in [0.1, 0.15) is 31.2 Å². The van der Waals surface area contributed by atoms with Crippen LogP contribution in [0.2, 0.25) is 0 Å². The van der Waals surface area contributed by atoms with Gasteiger partial charge in [0, 0.05) is 19.0 Å². The van der Waals surface area contributed by atoms with E-state index in [4.69, 9.17) is 18.0 Å². The first kappa shape index (κ1) is 14.0. The molecule has 0 aliphatic carbocycles. The smallest absolute Gasteiger partial charge is 0.232 e. The zero-order valence-corrected chi connectivity index (χ0v) is 12.0. The molecule has 0 spiro atoms. The first-order valence-electron chi connectivity index (χ1n) is 6.76. The van der Waals surface area contributed by atoms with Crippen LogP contribution in [0.25, 0.3) is 0 Å². The van der Waals surface area contributed by atoms with Crippen molar-refractivity contribution in [2.45, 2.75) is 25.7 Å². The fourth-order valence-electron chi connectivity index (χ4n) is 2.68. The lowest BCUT2D eigenvalue weighted by Crippen LogP contribution is -2.39. The normalized spacial score (nSPS) is 20.3. The second kappa shape index (κ2) is 6.15. The Kier molecular flexibility index (Phi) is 4.53. The number of nitrogens with zero attached hydrogens (tertiary/aromatic N) is 1. The van der Waals surface area contributed by atoms with Gasteiger partial charge < -0.3 is 10.6 Å². The van der Waals surface area contributed by atoms with Gasteiger partial charge in [-0.05, 0) is 18.4 Å². The molecular formula is C15H20N2OS. The minimum Gasteiger partial charge on any atom is -0.393 e. The fraction of sp³-hybridized carbons (Fsp3) is 0.467. The lowest BCUT2D eigenvalue weighted by molar-refractivity contribution is -0.132. The lowest BCUT2D eigenvalue weighted by Gasteiger charge is -2.22. The highest BCUT2D eigenvalue weighted by molar-refractivity contribution is 7.80. The Morgan fingerprint density at radius 3 is 2.74 bits per heavy atom. The zero-order chi connectivity index (χ0) is 13.8. The summed E-state index contributed by atoms with van der Waals surface area (Å²) in [6, 6.07) is 10.4. The Labute approximate surface area is 119 Å². The van der Waals surface area contributed by atoms with E-state index in [0.29, 0.717) is 17.3 Å². The van der Waals surface area contributed by atoms with E-state index in [1.807, 2.05) is 30.0 Å². The molecular weight excluding hydrogens is 256 g/mol. The van der Waals surface area contributed by atoms with E-state index in [2.05, 4.69) is 12.1 Å². The molecule has 1 aromatic rings. The molecule has 2 atom stereocenters. The van der Waals surface area contributed by atoms with E-state index < -0.39 is 0 Å². The molecule has 102 valence electrons. The Hall–Kier alpha value is -1.42. The molecule has 2 unspecified atom stereocenters. The summed E-state index contributed by atoms with van der Waals surface area (Å²) in [5.74, 6) is 0.229. The van der Waals surface area contributed by atoms with Gasteiger partial charge in [-0.1, -0.05) is 49.5 Å². The van der Waals surface area contributed by atoms with Crippen LogP contribution in [0.3, 0.4) is 0 Å². The first-order valence-corrected chi connectivity index (χ1v) is 7.17. The Morgan fingerprint density at radius 2 is 2.16 bits per heavy atom. The van der Waals surface area contributed by atoms with E-state index in [-0.39, 0.29) is 11.8 Å². The maximum absolute atomic E-state index is 12.4. The van der Waals surface area contributed by atoms with Crippen LogP contribution in [0, 0.1) is 5.92 Å². The van der Waals surface area contributed by atoms with Crippen molar-refractivity contribution in [2.24, 2.45) is 11.7 Å². The molecule has 0 saturated carbocycles. The summed E-state index contributed by atoms with van der Waals surface area (Å²) >= 11 is 4.98. The molecule has 3 nitrogen and oxygen atoms in total. The third-order valence-electron chi connectivity index (χ3n) is 3.82. The highest BCUT2D eigenvalue weighted by Gasteiger charge is 2.31. The van der Waals surface area contributed by atoms with Gasteiger partial charge in [-0.15, -0.1) is 0 Å². The standard InChI is InChI=1S/C15H20N2OS/c1-2-13(14(16)19)15(18)17-9-8-12(10-17)11-6-4-3-5-7-11/h3-7,12-13H,2,8-10H2,1H3,(H2,16,19). The zero-order valence-electron chi connectivity index (χ0n) is 11.2. The average Bonchev–Trinajstić information content (AvgIpc) is 2.89. The molecule has 0 radical (unpaired) electrons. The molecule has 1 aliphatic heterocycles. The molecule has 19 heavy (non-hydrogen) atoms. The van der Waals surface area contributed by atoms with Crippen LogP contribution in [0.5, 0.6) is 0 Å². The Morgan fingerprint density at radius 1 is 1.47 bits per heavy atom. The number of benzene rings is 1. The van der Waals surface area contributed by atoms with Crippen molar-refractivity contribution < 1.29 is 4.79 Å². The number of likely N-dealkylation sites (tertiary alicyclic amines) is 1. The molecule has 2 N–H and O–H groups in total. The molecule has 0 aromatic heterocycles. The minimum absolute atomic E-state index is 0.0911. The molecule has 1 fully saturated rings. The topological polar surface area (TPSA) is 46.3 Å². The monoisotopic (exact) mass is 276 g/mol. The van der Waals surface area contributed by atoms with Gasteiger partial charge in [0.05, 0.1) is 10.9 Å². The number of amides is 1. The van der Waals surface area contributed by atoms with Gasteiger partial charge in [0.15, 0.2) is 0 Å². The fourth-order valence-corrected chi connectivity index (χ4v) is 2.94. The molecule has 1 heterocycles. The Balaban J connectivity index is 2.02. The van der Waals surface area contributed by atoms with Gasteiger partial charge in [-0.2, -0.15) is 0 Å². The Bertz CT molecular complexity index is 460. The van der Waals surface area contributed by atoms with Crippen molar-refractivity contribution in [3.63, 3.8) is 0 Å². The van der Waals surface area contributed by atoms with Gasteiger partial charge >= 0.3 is 0 Å². The molecule has 1 aliphatic rings. The van der Waals surface area contributed by atoms with Gasteiger partial charge in [0.2, 0.25) is 5.91 Å². The summed E-state index contributed by atoms with van der Waals surface area (Å²) in [5.41, 5.74) is 6.95.